The van der Waals surface area contributed by atoms with Crippen LogP contribution in [0.25, 0.3) is 0 Å². The zero-order valence-electron chi connectivity index (χ0n) is 8.89. The van der Waals surface area contributed by atoms with E-state index in [-0.39, 0.29) is 7.43 Å². The topological polar surface area (TPSA) is 18.5 Å². The van der Waals surface area contributed by atoms with Crippen LogP contribution >= 0.6 is 0 Å². The molecule has 0 aromatic heterocycles. The Kier molecular flexibility index (Phi) is 8.34. The quantitative estimate of drug-likeness (QED) is 0.573. The van der Waals surface area contributed by atoms with Crippen LogP contribution in [0.5, 0.6) is 0 Å². The number of hydrogen-bond donors (Lipinski definition) is 0. The van der Waals surface area contributed by atoms with Crippen molar-refractivity contribution in [2.75, 3.05) is 26.4 Å². The van der Waals surface area contributed by atoms with E-state index in [0.29, 0.717) is 0 Å². The van der Waals surface area contributed by atoms with Crippen molar-refractivity contribution >= 4 is 0 Å². The molecule has 2 heterocycles. The molecule has 88 valence electrons. The molecule has 2 fully saturated rings. The molecule has 0 bridgehead atoms. The van der Waals surface area contributed by atoms with Crippen LogP contribution in [0.3, 0.4) is 0 Å². The van der Waals surface area contributed by atoms with Gasteiger partial charge in [0.2, 0.25) is 0 Å². The third-order valence-electron chi connectivity index (χ3n) is 2.33. The van der Waals surface area contributed by atoms with Gasteiger partial charge in [0.25, 0.3) is 0 Å². The first-order valence-corrected chi connectivity index (χ1v) is 5.28. The molecule has 0 unspecified atom stereocenters. The molecule has 0 spiro atoms. The van der Waals surface area contributed by atoms with Gasteiger partial charge in [0, 0.05) is 6.61 Å². The van der Waals surface area contributed by atoms with Gasteiger partial charge in [-0.1, -0.05) is 31.7 Å². The summed E-state index contributed by atoms with van der Waals surface area (Å²) in [6.07, 6.45) is 4.47. The molecule has 2 rings (SSSR count). The third kappa shape index (κ3) is 7.34. The molecule has 2 saturated heterocycles. The number of hydrogen-bond acceptors (Lipinski definition) is 2. The molecule has 0 atom stereocenters. The minimum absolute atomic E-state index is 0. The van der Waals surface area contributed by atoms with Gasteiger partial charge in [0.05, 0.1) is 19.8 Å². The lowest BCUT2D eigenvalue weighted by atomic mass is 10.1. The Bertz CT molecular complexity index is 159. The van der Waals surface area contributed by atoms with Gasteiger partial charge in [0.1, 0.15) is 0 Å². The molecule has 0 aliphatic carbocycles. The van der Waals surface area contributed by atoms with E-state index in [4.69, 9.17) is 9.47 Å². The molecule has 0 saturated carbocycles. The van der Waals surface area contributed by atoms with Gasteiger partial charge in [-0.25, -0.2) is 0 Å². The van der Waals surface area contributed by atoms with Crippen molar-refractivity contribution < 1.29 is 9.47 Å². The van der Waals surface area contributed by atoms with Crippen molar-refractivity contribution in [2.45, 2.75) is 33.1 Å². The van der Waals surface area contributed by atoms with Gasteiger partial charge in [-0.15, -0.1) is 0 Å². The molecule has 2 aliphatic heterocycles. The highest BCUT2D eigenvalue weighted by molar-refractivity contribution is 4.96. The Morgan fingerprint density at radius 1 is 0.800 bits per heavy atom. The predicted octanol–water partition coefficient (Wildman–Crippen LogP) is 3.34. The van der Waals surface area contributed by atoms with E-state index in [1.807, 2.05) is 0 Å². The number of rotatable bonds is 0. The molecule has 0 amide bonds. The van der Waals surface area contributed by atoms with E-state index in [1.165, 1.54) is 24.0 Å². The van der Waals surface area contributed by atoms with E-state index >= 15 is 0 Å². The van der Waals surface area contributed by atoms with Crippen LogP contribution in [0.15, 0.2) is 24.3 Å². The molecule has 2 heteroatoms. The van der Waals surface area contributed by atoms with Crippen molar-refractivity contribution in [3.8, 4) is 0 Å². The summed E-state index contributed by atoms with van der Waals surface area (Å²) in [6, 6.07) is 0. The first-order chi connectivity index (χ1) is 6.79. The van der Waals surface area contributed by atoms with Crippen LogP contribution in [0.2, 0.25) is 0 Å². The predicted molar refractivity (Wildman–Crippen MR) is 65.1 cm³/mol. The fourth-order valence-electron chi connectivity index (χ4n) is 1.37. The lowest BCUT2D eigenvalue weighted by Crippen LogP contribution is -2.06. The molecule has 0 aromatic carbocycles. The minimum Gasteiger partial charge on any atom is -0.381 e. The molecule has 0 aromatic rings. The minimum atomic E-state index is 0. The Hall–Kier alpha value is -0.600. The fraction of sp³-hybridized carbons (Fsp3) is 0.692. The van der Waals surface area contributed by atoms with E-state index < -0.39 is 0 Å². The summed E-state index contributed by atoms with van der Waals surface area (Å²) in [5.74, 6) is 0. The average Bonchev–Trinajstić information content (AvgIpc) is 2.21. The summed E-state index contributed by atoms with van der Waals surface area (Å²) in [6.45, 7) is 11.1. The average molecular weight is 212 g/mol. The lowest BCUT2D eigenvalue weighted by molar-refractivity contribution is 0.119. The summed E-state index contributed by atoms with van der Waals surface area (Å²) in [5.41, 5.74) is 2.58. The molecule has 0 radical (unpaired) electrons. The molecule has 0 N–H and O–H groups in total. The van der Waals surface area contributed by atoms with Crippen molar-refractivity contribution in [1.82, 2.24) is 0 Å². The van der Waals surface area contributed by atoms with E-state index in [2.05, 4.69) is 13.2 Å². The Balaban J connectivity index is 0.000000245. The highest BCUT2D eigenvalue weighted by Gasteiger charge is 2.00. The van der Waals surface area contributed by atoms with Gasteiger partial charge < -0.3 is 9.47 Å². The van der Waals surface area contributed by atoms with Crippen molar-refractivity contribution in [3.63, 3.8) is 0 Å². The standard InChI is InChI=1S/2C6H10O.CH4/c1-6-2-4-7-5-3-6;1-6-3-2-4-7-5-6;/h2*1-5H2;1H4. The van der Waals surface area contributed by atoms with Crippen LogP contribution in [0.1, 0.15) is 33.1 Å². The van der Waals surface area contributed by atoms with Gasteiger partial charge in [-0.3, -0.25) is 0 Å². The lowest BCUT2D eigenvalue weighted by Gasteiger charge is -2.11. The fourth-order valence-corrected chi connectivity index (χ4v) is 1.37. The second-order valence-electron chi connectivity index (χ2n) is 3.77. The van der Waals surface area contributed by atoms with Gasteiger partial charge in [-0.05, 0) is 25.7 Å². The van der Waals surface area contributed by atoms with E-state index in [1.54, 1.807) is 0 Å². The van der Waals surface area contributed by atoms with E-state index in [0.717, 1.165) is 39.3 Å². The first kappa shape index (κ1) is 14.4. The smallest absolute Gasteiger partial charge is 0.0674 e. The Labute approximate surface area is 94.0 Å². The molecular weight excluding hydrogens is 188 g/mol. The maximum absolute atomic E-state index is 5.08. The number of ether oxygens (including phenoxy) is 2. The Morgan fingerprint density at radius 3 is 1.73 bits per heavy atom. The highest BCUT2D eigenvalue weighted by Crippen LogP contribution is 2.09. The van der Waals surface area contributed by atoms with Gasteiger partial charge in [-0.2, -0.15) is 0 Å². The third-order valence-corrected chi connectivity index (χ3v) is 2.33. The van der Waals surface area contributed by atoms with Crippen molar-refractivity contribution in [1.29, 1.82) is 0 Å². The van der Waals surface area contributed by atoms with Crippen LogP contribution in [-0.4, -0.2) is 26.4 Å². The largest absolute Gasteiger partial charge is 0.381 e. The SMILES string of the molecule is C.C=C1CCCOC1.C=C1CCOCC1. The highest BCUT2D eigenvalue weighted by atomic mass is 16.5. The Morgan fingerprint density at radius 2 is 1.47 bits per heavy atom. The summed E-state index contributed by atoms with van der Waals surface area (Å²) in [5, 5.41) is 0. The molecule has 2 aliphatic rings. The van der Waals surface area contributed by atoms with Crippen molar-refractivity contribution in [2.24, 2.45) is 0 Å². The maximum atomic E-state index is 5.08. The van der Waals surface area contributed by atoms with Crippen LogP contribution < -0.4 is 0 Å². The first-order valence-electron chi connectivity index (χ1n) is 5.28. The van der Waals surface area contributed by atoms with Gasteiger partial charge in [0.15, 0.2) is 0 Å². The monoisotopic (exact) mass is 212 g/mol. The molecule has 2 nitrogen and oxygen atoms in total. The summed E-state index contributed by atoms with van der Waals surface area (Å²) >= 11 is 0. The summed E-state index contributed by atoms with van der Waals surface area (Å²) in [7, 11) is 0. The summed E-state index contributed by atoms with van der Waals surface area (Å²) in [4.78, 5) is 0. The van der Waals surface area contributed by atoms with Crippen LogP contribution in [0.4, 0.5) is 0 Å². The van der Waals surface area contributed by atoms with E-state index in [9.17, 15) is 0 Å². The van der Waals surface area contributed by atoms with Gasteiger partial charge >= 0.3 is 0 Å². The zero-order valence-corrected chi connectivity index (χ0v) is 8.89. The zero-order chi connectivity index (χ0) is 10.2. The maximum Gasteiger partial charge on any atom is 0.0674 e. The molecule has 15 heavy (non-hydrogen) atoms. The van der Waals surface area contributed by atoms with Crippen molar-refractivity contribution in [3.05, 3.63) is 24.3 Å². The van der Waals surface area contributed by atoms with Crippen LogP contribution in [-0.2, 0) is 9.47 Å². The molecular formula is C13H24O2. The summed E-state index contributed by atoms with van der Waals surface area (Å²) < 4.78 is 10.2. The second-order valence-corrected chi connectivity index (χ2v) is 3.77. The van der Waals surface area contributed by atoms with Crippen LogP contribution in [0, 0.1) is 0 Å². The second kappa shape index (κ2) is 8.69. The normalized spacial score (nSPS) is 21.1.